The van der Waals surface area contributed by atoms with Crippen molar-refractivity contribution >= 4 is 50.7 Å². The zero-order chi connectivity index (χ0) is 21.0. The van der Waals surface area contributed by atoms with Crippen molar-refractivity contribution in [3.63, 3.8) is 0 Å². The van der Waals surface area contributed by atoms with Crippen LogP contribution in [0.4, 0.5) is 0 Å². The molecule has 2 rings (SSSR count). The first kappa shape index (κ1) is 27.6. The van der Waals surface area contributed by atoms with Crippen LogP contribution in [-0.2, 0) is 16.5 Å². The molecule has 7 heteroatoms. The molecule has 0 atom stereocenters. The van der Waals surface area contributed by atoms with E-state index in [2.05, 4.69) is 16.9 Å². The first-order chi connectivity index (χ1) is 14.0. The second-order valence-corrected chi connectivity index (χ2v) is 9.61. The summed E-state index contributed by atoms with van der Waals surface area (Å²) in [5.74, 6) is 0.881. The molecule has 1 heterocycles. The Morgan fingerprint density at radius 3 is 1.83 bits per heavy atom. The van der Waals surface area contributed by atoms with Crippen molar-refractivity contribution in [2.24, 2.45) is 0 Å². The quantitative estimate of drug-likeness (QED) is 0.177. The molecule has 0 aliphatic carbocycles. The minimum Gasteiger partial charge on any atom is -0.342 e. The van der Waals surface area contributed by atoms with E-state index in [9.17, 15) is 8.42 Å². The molecule has 1 radical (unpaired) electrons. The Morgan fingerprint density at radius 2 is 1.33 bits per heavy atom. The number of nitrogens with one attached hydrogen (secondary N) is 1. The first-order valence-electron chi connectivity index (χ1n) is 11.5. The van der Waals surface area contributed by atoms with E-state index in [1.54, 1.807) is 6.07 Å². The average Bonchev–Trinajstić information content (AvgIpc) is 3.09. The summed E-state index contributed by atoms with van der Waals surface area (Å²) in [7, 11) is -4.18. The van der Waals surface area contributed by atoms with Gasteiger partial charge in [-0.3, -0.25) is 4.55 Å². The number of rotatable bonds is 16. The second-order valence-electron chi connectivity index (χ2n) is 8.18. The minimum atomic E-state index is -4.18. The van der Waals surface area contributed by atoms with Gasteiger partial charge in [-0.05, 0) is 24.6 Å². The van der Waals surface area contributed by atoms with E-state index in [4.69, 9.17) is 4.55 Å². The number of nitrogens with zero attached hydrogens (tertiary/aromatic N) is 1. The van der Waals surface area contributed by atoms with Crippen LogP contribution in [0.3, 0.4) is 0 Å². The maximum Gasteiger partial charge on any atom is 0.294 e. The summed E-state index contributed by atoms with van der Waals surface area (Å²) in [5.41, 5.74) is 1.39. The average molecular weight is 446 g/mol. The SMILES string of the molecule is CCCCCCCCCCCCCCCCc1nc2cc(S(=O)(=O)O)ccc2[nH]1.[Na]. The zero-order valence-electron chi connectivity index (χ0n) is 19.0. The van der Waals surface area contributed by atoms with E-state index in [0.717, 1.165) is 24.2 Å². The van der Waals surface area contributed by atoms with Crippen LogP contribution >= 0.6 is 0 Å². The van der Waals surface area contributed by atoms with Gasteiger partial charge in [-0.15, -0.1) is 0 Å². The van der Waals surface area contributed by atoms with E-state index in [1.165, 1.54) is 95.6 Å². The van der Waals surface area contributed by atoms with Crippen molar-refractivity contribution in [1.29, 1.82) is 0 Å². The molecule has 1 aromatic heterocycles. The fraction of sp³-hybridized carbons (Fsp3) is 0.696. The molecule has 0 bridgehead atoms. The molecule has 5 nitrogen and oxygen atoms in total. The van der Waals surface area contributed by atoms with Crippen molar-refractivity contribution in [2.75, 3.05) is 0 Å². The molecule has 0 saturated heterocycles. The normalized spacial score (nSPS) is 11.7. The van der Waals surface area contributed by atoms with Crippen LogP contribution in [0.1, 0.15) is 103 Å². The van der Waals surface area contributed by atoms with Crippen molar-refractivity contribution in [2.45, 2.75) is 108 Å². The van der Waals surface area contributed by atoms with Gasteiger partial charge in [0.25, 0.3) is 10.1 Å². The molecule has 0 spiro atoms. The van der Waals surface area contributed by atoms with Crippen LogP contribution in [0.2, 0.25) is 0 Å². The topological polar surface area (TPSA) is 83.1 Å². The van der Waals surface area contributed by atoms with Crippen LogP contribution in [0.5, 0.6) is 0 Å². The van der Waals surface area contributed by atoms with Crippen molar-refractivity contribution < 1.29 is 13.0 Å². The Balaban J connectivity index is 0.00000450. The van der Waals surface area contributed by atoms with Crippen LogP contribution in [0, 0.1) is 0 Å². The van der Waals surface area contributed by atoms with Crippen LogP contribution in [-0.4, -0.2) is 52.5 Å². The van der Waals surface area contributed by atoms with Gasteiger partial charge in [0.1, 0.15) is 5.82 Å². The Morgan fingerprint density at radius 1 is 0.833 bits per heavy atom. The number of H-pyrrole nitrogens is 1. The van der Waals surface area contributed by atoms with Gasteiger partial charge in [0.2, 0.25) is 0 Å². The number of aromatic amines is 1. The Bertz CT molecular complexity index is 821. The molecular weight excluding hydrogens is 407 g/mol. The summed E-state index contributed by atoms with van der Waals surface area (Å²) in [5, 5.41) is 0. The number of aryl methyl sites for hydroxylation is 1. The van der Waals surface area contributed by atoms with Gasteiger partial charge >= 0.3 is 0 Å². The van der Waals surface area contributed by atoms with Crippen molar-refractivity contribution in [3.05, 3.63) is 24.0 Å². The molecule has 165 valence electrons. The molecule has 2 aromatic rings. The van der Waals surface area contributed by atoms with E-state index in [0.29, 0.717) is 5.52 Å². The molecule has 30 heavy (non-hydrogen) atoms. The van der Waals surface area contributed by atoms with Crippen LogP contribution in [0.25, 0.3) is 11.0 Å². The minimum absolute atomic E-state index is 0. The summed E-state index contributed by atoms with van der Waals surface area (Å²) < 4.78 is 31.6. The number of fused-ring (bicyclic) bond motifs is 1. The van der Waals surface area contributed by atoms with Crippen LogP contribution in [0.15, 0.2) is 23.1 Å². The van der Waals surface area contributed by atoms with Gasteiger partial charge in [-0.2, -0.15) is 8.42 Å². The number of benzene rings is 1. The summed E-state index contributed by atoms with van der Waals surface area (Å²) >= 11 is 0. The van der Waals surface area contributed by atoms with Crippen molar-refractivity contribution in [3.8, 4) is 0 Å². The van der Waals surface area contributed by atoms with Gasteiger partial charge in [0.15, 0.2) is 0 Å². The number of imidazole rings is 1. The summed E-state index contributed by atoms with van der Waals surface area (Å²) in [6.45, 7) is 2.27. The third kappa shape index (κ3) is 10.8. The van der Waals surface area contributed by atoms with Crippen LogP contribution < -0.4 is 0 Å². The predicted octanol–water partition coefficient (Wildman–Crippen LogP) is 6.45. The molecule has 0 saturated carbocycles. The predicted molar refractivity (Wildman–Crippen MR) is 126 cm³/mol. The molecule has 0 aliphatic heterocycles. The number of hydrogen-bond donors (Lipinski definition) is 2. The second kappa shape index (κ2) is 15.4. The first-order valence-corrected chi connectivity index (χ1v) is 12.9. The van der Waals surface area contributed by atoms with E-state index >= 15 is 0 Å². The van der Waals surface area contributed by atoms with E-state index in [-0.39, 0.29) is 34.5 Å². The summed E-state index contributed by atoms with van der Waals surface area (Å²) in [6, 6.07) is 4.46. The number of hydrogen-bond acceptors (Lipinski definition) is 3. The van der Waals surface area contributed by atoms with E-state index in [1.807, 2.05) is 0 Å². The maximum atomic E-state index is 11.2. The molecule has 0 unspecified atom stereocenters. The summed E-state index contributed by atoms with van der Waals surface area (Å²) in [4.78, 5) is 7.58. The monoisotopic (exact) mass is 445 g/mol. The fourth-order valence-corrected chi connectivity index (χ4v) is 4.30. The van der Waals surface area contributed by atoms with Gasteiger partial charge in [0, 0.05) is 36.0 Å². The summed E-state index contributed by atoms with van der Waals surface area (Å²) in [6.07, 6.45) is 19.6. The van der Waals surface area contributed by atoms with E-state index < -0.39 is 10.1 Å². The maximum absolute atomic E-state index is 11.2. The van der Waals surface area contributed by atoms with Gasteiger partial charge < -0.3 is 4.98 Å². The zero-order valence-corrected chi connectivity index (χ0v) is 21.8. The largest absolute Gasteiger partial charge is 0.342 e. The molecule has 1 aromatic carbocycles. The number of aromatic nitrogens is 2. The molecule has 2 N–H and O–H groups in total. The molecule has 0 amide bonds. The smallest absolute Gasteiger partial charge is 0.294 e. The molecule has 0 aliphatic rings. The fourth-order valence-electron chi connectivity index (χ4n) is 3.80. The Hall–Kier alpha value is -0.400. The van der Waals surface area contributed by atoms with Crippen molar-refractivity contribution in [1.82, 2.24) is 9.97 Å². The Labute approximate surface area is 204 Å². The molecule has 0 fully saturated rings. The third-order valence-corrected chi connectivity index (χ3v) is 6.42. The molecular formula is C23H38N2NaO3S. The van der Waals surface area contributed by atoms with Gasteiger partial charge in [-0.25, -0.2) is 4.98 Å². The van der Waals surface area contributed by atoms with Gasteiger partial charge in [0.05, 0.1) is 15.9 Å². The van der Waals surface area contributed by atoms with Gasteiger partial charge in [-0.1, -0.05) is 90.4 Å². The standard InChI is InChI=1S/C23H38N2O3S.Na/c1-2-3-4-5-6-7-8-9-10-11-12-13-14-15-16-23-24-21-18-17-20(29(26,27)28)19-22(21)25-23;/h17-19H,2-16H2,1H3,(H,24,25)(H,26,27,28);. The third-order valence-electron chi connectivity index (χ3n) is 5.57. The Kier molecular flexibility index (Phi) is 14.2. The number of unbranched alkanes of at least 4 members (excludes halogenated alkanes) is 13.